The number of hydrogen-bond donors (Lipinski definition) is 1. The molecule has 1 amide bonds. The lowest BCUT2D eigenvalue weighted by atomic mass is 10.0. The summed E-state index contributed by atoms with van der Waals surface area (Å²) in [5.41, 5.74) is 2.54. The van der Waals surface area contributed by atoms with Crippen LogP contribution in [0.25, 0.3) is 0 Å². The van der Waals surface area contributed by atoms with Gasteiger partial charge in [-0.3, -0.25) is 14.4 Å². The highest BCUT2D eigenvalue weighted by molar-refractivity contribution is 5.92. The van der Waals surface area contributed by atoms with Gasteiger partial charge in [0, 0.05) is 38.4 Å². The van der Waals surface area contributed by atoms with Crippen molar-refractivity contribution in [2.75, 3.05) is 39.8 Å². The molecule has 30 heavy (non-hydrogen) atoms. The molecule has 1 aromatic carbocycles. The topological polar surface area (TPSA) is 53.4 Å². The molecule has 1 unspecified atom stereocenters. The number of carbonyl (C=O) groups excluding carboxylic acids is 1. The van der Waals surface area contributed by atoms with Gasteiger partial charge in [-0.05, 0) is 45.4 Å². The van der Waals surface area contributed by atoms with Crippen LogP contribution < -0.4 is 5.32 Å². The van der Waals surface area contributed by atoms with Gasteiger partial charge in [0.1, 0.15) is 5.69 Å². The molecule has 0 spiro atoms. The third-order valence-electron chi connectivity index (χ3n) is 5.74. The van der Waals surface area contributed by atoms with E-state index < -0.39 is 0 Å². The monoisotopic (exact) mass is 411 g/mol. The van der Waals surface area contributed by atoms with Crippen molar-refractivity contribution in [3.63, 3.8) is 0 Å². The number of nitrogens with one attached hydrogen (secondary N) is 1. The van der Waals surface area contributed by atoms with Crippen LogP contribution in [-0.4, -0.2) is 65.3 Å². The number of nitrogens with zero attached hydrogens (tertiary/aromatic N) is 4. The van der Waals surface area contributed by atoms with E-state index in [1.165, 1.54) is 0 Å². The Morgan fingerprint density at radius 3 is 2.27 bits per heavy atom. The van der Waals surface area contributed by atoms with E-state index in [0.29, 0.717) is 11.6 Å². The van der Waals surface area contributed by atoms with Gasteiger partial charge in [-0.25, -0.2) is 0 Å². The van der Waals surface area contributed by atoms with E-state index in [4.69, 9.17) is 5.10 Å². The van der Waals surface area contributed by atoms with Gasteiger partial charge in [-0.15, -0.1) is 0 Å². The number of carbonyl (C=O) groups is 1. The molecule has 3 rings (SSSR count). The first-order valence-electron chi connectivity index (χ1n) is 11.0. The molecule has 1 N–H and O–H groups in total. The molecule has 1 fully saturated rings. The second-order valence-corrected chi connectivity index (χ2v) is 9.73. The minimum atomic E-state index is -0.170. The molecule has 0 radical (unpaired) electrons. The summed E-state index contributed by atoms with van der Waals surface area (Å²) in [7, 11) is 2.16. The van der Waals surface area contributed by atoms with Crippen LogP contribution in [0.15, 0.2) is 36.4 Å². The van der Waals surface area contributed by atoms with Crippen molar-refractivity contribution >= 4 is 5.91 Å². The fourth-order valence-corrected chi connectivity index (χ4v) is 3.90. The van der Waals surface area contributed by atoms with Crippen molar-refractivity contribution in [2.45, 2.75) is 52.1 Å². The zero-order chi connectivity index (χ0) is 21.9. The first-order chi connectivity index (χ1) is 14.1. The second kappa shape index (κ2) is 9.31. The van der Waals surface area contributed by atoms with Crippen LogP contribution in [0.3, 0.4) is 0 Å². The van der Waals surface area contributed by atoms with E-state index in [1.54, 1.807) is 0 Å². The summed E-state index contributed by atoms with van der Waals surface area (Å²) >= 11 is 0. The van der Waals surface area contributed by atoms with Crippen LogP contribution in [-0.2, 0) is 5.54 Å². The van der Waals surface area contributed by atoms with Crippen LogP contribution in [0.2, 0.25) is 0 Å². The van der Waals surface area contributed by atoms with E-state index in [-0.39, 0.29) is 17.5 Å². The number of aromatic nitrogens is 2. The van der Waals surface area contributed by atoms with Crippen molar-refractivity contribution in [3.8, 4) is 0 Å². The number of hydrogen-bond acceptors (Lipinski definition) is 4. The summed E-state index contributed by atoms with van der Waals surface area (Å²) in [4.78, 5) is 18.0. The Kier molecular flexibility index (Phi) is 6.98. The van der Waals surface area contributed by atoms with Crippen LogP contribution in [0.5, 0.6) is 0 Å². The molecule has 2 aromatic rings. The Morgan fingerprint density at radius 1 is 1.10 bits per heavy atom. The summed E-state index contributed by atoms with van der Waals surface area (Å²) in [6.45, 7) is 15.6. The van der Waals surface area contributed by atoms with Crippen molar-refractivity contribution in [1.82, 2.24) is 24.9 Å². The SMILES string of the molecule is CC(C)c1cc(C(=O)NC(CN2CCN(C)CC2)c2ccccc2)nn1C(C)(C)C. The molecular formula is C24H37N5O. The van der Waals surface area contributed by atoms with Gasteiger partial charge in [0.25, 0.3) is 5.91 Å². The highest BCUT2D eigenvalue weighted by Crippen LogP contribution is 2.24. The molecule has 0 saturated carbocycles. The van der Waals surface area contributed by atoms with Crippen molar-refractivity contribution in [1.29, 1.82) is 0 Å². The molecule has 1 aromatic heterocycles. The molecular weight excluding hydrogens is 374 g/mol. The Balaban J connectivity index is 1.81. The minimum absolute atomic E-state index is 0.0654. The maximum atomic E-state index is 13.2. The van der Waals surface area contributed by atoms with Crippen molar-refractivity contribution < 1.29 is 4.79 Å². The molecule has 6 nitrogen and oxygen atoms in total. The van der Waals surface area contributed by atoms with E-state index in [1.807, 2.05) is 28.9 Å². The van der Waals surface area contributed by atoms with Crippen LogP contribution >= 0.6 is 0 Å². The summed E-state index contributed by atoms with van der Waals surface area (Å²) in [5, 5.41) is 7.96. The van der Waals surface area contributed by atoms with Crippen LogP contribution in [0.4, 0.5) is 0 Å². The number of piperazine rings is 1. The average Bonchev–Trinajstić information content (AvgIpc) is 3.16. The smallest absolute Gasteiger partial charge is 0.272 e. The molecule has 1 aliphatic rings. The quantitative estimate of drug-likeness (QED) is 0.791. The molecule has 0 bridgehead atoms. The number of amides is 1. The second-order valence-electron chi connectivity index (χ2n) is 9.73. The third-order valence-corrected chi connectivity index (χ3v) is 5.74. The van der Waals surface area contributed by atoms with Crippen molar-refractivity contribution in [2.24, 2.45) is 0 Å². The first kappa shape index (κ1) is 22.5. The van der Waals surface area contributed by atoms with E-state index in [0.717, 1.165) is 44.0 Å². The highest BCUT2D eigenvalue weighted by Gasteiger charge is 2.26. The molecule has 1 saturated heterocycles. The molecule has 1 aliphatic heterocycles. The lowest BCUT2D eigenvalue weighted by Gasteiger charge is -2.35. The molecule has 0 aliphatic carbocycles. The third kappa shape index (κ3) is 5.49. The first-order valence-corrected chi connectivity index (χ1v) is 11.0. The molecule has 164 valence electrons. The largest absolute Gasteiger partial charge is 0.343 e. The fourth-order valence-electron chi connectivity index (χ4n) is 3.90. The van der Waals surface area contributed by atoms with Gasteiger partial charge < -0.3 is 10.2 Å². The Hall–Kier alpha value is -2.18. The molecule has 1 atom stereocenters. The highest BCUT2D eigenvalue weighted by atomic mass is 16.2. The Bertz CT molecular complexity index is 829. The van der Waals surface area contributed by atoms with Gasteiger partial charge in [0.15, 0.2) is 0 Å². The predicted octanol–water partition coefficient (Wildman–Crippen LogP) is 3.48. The van der Waals surface area contributed by atoms with E-state index in [9.17, 15) is 4.79 Å². The fraction of sp³-hybridized carbons (Fsp3) is 0.583. The Labute approximate surface area is 181 Å². The van der Waals surface area contributed by atoms with Gasteiger partial charge in [0.05, 0.1) is 11.6 Å². The summed E-state index contributed by atoms with van der Waals surface area (Å²) in [6, 6.07) is 12.1. The summed E-state index contributed by atoms with van der Waals surface area (Å²) in [5.74, 6) is 0.191. The van der Waals surface area contributed by atoms with E-state index >= 15 is 0 Å². The molecule has 2 heterocycles. The zero-order valence-corrected chi connectivity index (χ0v) is 19.4. The normalized spacial score (nSPS) is 17.3. The maximum Gasteiger partial charge on any atom is 0.272 e. The summed E-state index contributed by atoms with van der Waals surface area (Å²) in [6.07, 6.45) is 0. The number of benzene rings is 1. The van der Waals surface area contributed by atoms with Crippen LogP contribution in [0.1, 0.15) is 68.3 Å². The van der Waals surface area contributed by atoms with Gasteiger partial charge in [0.2, 0.25) is 0 Å². The van der Waals surface area contributed by atoms with Crippen LogP contribution in [0, 0.1) is 0 Å². The number of rotatable bonds is 6. The lowest BCUT2D eigenvalue weighted by Crippen LogP contribution is -2.47. The van der Waals surface area contributed by atoms with Crippen molar-refractivity contribution in [3.05, 3.63) is 53.3 Å². The predicted molar refractivity (Wildman–Crippen MR) is 122 cm³/mol. The maximum absolute atomic E-state index is 13.2. The molecule has 6 heteroatoms. The van der Waals surface area contributed by atoms with E-state index in [2.05, 4.69) is 68.9 Å². The van der Waals surface area contributed by atoms with Gasteiger partial charge in [-0.2, -0.15) is 5.10 Å². The Morgan fingerprint density at radius 2 is 1.73 bits per heavy atom. The van der Waals surface area contributed by atoms with Gasteiger partial charge >= 0.3 is 0 Å². The van der Waals surface area contributed by atoms with Gasteiger partial charge in [-0.1, -0.05) is 44.2 Å². The lowest BCUT2D eigenvalue weighted by molar-refractivity contribution is 0.0900. The standard InChI is InChI=1S/C24H37N5O/c1-18(2)22-16-20(26-29(22)24(3,4)5)23(30)25-21(19-10-8-7-9-11-19)17-28-14-12-27(6)13-15-28/h7-11,16,18,21H,12-15,17H2,1-6H3,(H,25,30). The summed E-state index contributed by atoms with van der Waals surface area (Å²) < 4.78 is 1.99. The number of likely N-dealkylation sites (N-methyl/N-ethyl adjacent to an activating group) is 1. The minimum Gasteiger partial charge on any atom is -0.343 e. The average molecular weight is 412 g/mol. The zero-order valence-electron chi connectivity index (χ0n) is 19.4.